The van der Waals surface area contributed by atoms with Crippen LogP contribution < -0.4 is 5.69 Å². The summed E-state index contributed by atoms with van der Waals surface area (Å²) in [5, 5.41) is 4.89. The summed E-state index contributed by atoms with van der Waals surface area (Å²) < 4.78 is 8.20. The Hall–Kier alpha value is -2.41. The minimum atomic E-state index is -0.194. The van der Waals surface area contributed by atoms with E-state index in [-0.39, 0.29) is 5.69 Å². The second-order valence-corrected chi connectivity index (χ2v) is 8.42. The van der Waals surface area contributed by atoms with Gasteiger partial charge in [-0.2, -0.15) is 5.10 Å². The van der Waals surface area contributed by atoms with E-state index in [1.165, 1.54) is 44.9 Å². The maximum Gasteiger partial charge on any atom is 0.323 e. The summed E-state index contributed by atoms with van der Waals surface area (Å²) in [5.41, 5.74) is 2.34. The van der Waals surface area contributed by atoms with Crippen LogP contribution in [0.3, 0.4) is 0 Å². The third kappa shape index (κ3) is 3.88. The van der Waals surface area contributed by atoms with Crippen molar-refractivity contribution in [3.8, 4) is 11.4 Å². The summed E-state index contributed by atoms with van der Waals surface area (Å²) in [6.07, 6.45) is 12.1. The number of hydrogen-bond acceptors (Lipinski definition) is 4. The molecule has 1 aromatic carbocycles. The molecule has 0 aliphatic heterocycles. The Labute approximate surface area is 169 Å². The van der Waals surface area contributed by atoms with Crippen molar-refractivity contribution >= 4 is 11.0 Å². The first-order valence-corrected chi connectivity index (χ1v) is 11.1. The van der Waals surface area contributed by atoms with Crippen LogP contribution in [0.5, 0.6) is 0 Å². The van der Waals surface area contributed by atoms with Crippen molar-refractivity contribution in [2.45, 2.75) is 76.4 Å². The molecule has 2 saturated carbocycles. The number of benzene rings is 1. The van der Waals surface area contributed by atoms with Crippen molar-refractivity contribution in [3.63, 3.8) is 0 Å². The fourth-order valence-corrected chi connectivity index (χ4v) is 4.85. The van der Waals surface area contributed by atoms with Gasteiger partial charge in [-0.1, -0.05) is 38.2 Å². The molecule has 0 saturated heterocycles. The number of fused-ring (bicyclic) bond motifs is 1. The first-order valence-electron chi connectivity index (χ1n) is 11.1. The topological polar surface area (TPSA) is 88.6 Å². The fourth-order valence-electron chi connectivity index (χ4n) is 4.85. The minimum absolute atomic E-state index is 0.194. The Morgan fingerprint density at radius 3 is 2.66 bits per heavy atom. The van der Waals surface area contributed by atoms with Gasteiger partial charge in [0.1, 0.15) is 0 Å². The van der Waals surface area contributed by atoms with Crippen LogP contribution in [0.15, 0.2) is 23.0 Å². The maximum absolute atomic E-state index is 11.8. The number of rotatable bonds is 6. The Morgan fingerprint density at radius 1 is 1.03 bits per heavy atom. The lowest BCUT2D eigenvalue weighted by molar-refractivity contribution is 0.0296. The lowest BCUT2D eigenvalue weighted by Crippen LogP contribution is -2.18. The summed E-state index contributed by atoms with van der Waals surface area (Å²) in [7, 11) is 0. The SMILES string of the molecule is O=c1[nH]c2cccc(-c3nc(CCOC4CCCCC4)nn3C3CCCC3)c2[nH]1. The summed E-state index contributed by atoms with van der Waals surface area (Å²) >= 11 is 0. The highest BCUT2D eigenvalue weighted by molar-refractivity contribution is 5.89. The molecule has 7 nitrogen and oxygen atoms in total. The van der Waals surface area contributed by atoms with E-state index in [1.54, 1.807) is 0 Å². The van der Waals surface area contributed by atoms with Gasteiger partial charge in [-0.25, -0.2) is 14.5 Å². The minimum Gasteiger partial charge on any atom is -0.378 e. The molecule has 2 aliphatic carbocycles. The standard InChI is InChI=1S/C22H29N5O2/c28-22-23-18-12-6-11-17(20(18)25-22)21-24-19(26-27(21)15-7-4-5-8-15)13-14-29-16-9-2-1-3-10-16/h6,11-12,15-16H,1-5,7-10,13-14H2,(H2,23,25,28). The quantitative estimate of drug-likeness (QED) is 0.657. The molecule has 0 radical (unpaired) electrons. The van der Waals surface area contributed by atoms with E-state index in [0.717, 1.165) is 47.5 Å². The van der Waals surface area contributed by atoms with Crippen molar-refractivity contribution in [1.82, 2.24) is 24.7 Å². The van der Waals surface area contributed by atoms with Crippen LogP contribution in [0.1, 0.15) is 69.7 Å². The lowest BCUT2D eigenvalue weighted by Gasteiger charge is -2.21. The summed E-state index contributed by atoms with van der Waals surface area (Å²) in [6.45, 7) is 0.671. The van der Waals surface area contributed by atoms with Crippen molar-refractivity contribution < 1.29 is 4.74 Å². The summed E-state index contributed by atoms with van der Waals surface area (Å²) in [5.74, 6) is 1.68. The van der Waals surface area contributed by atoms with E-state index >= 15 is 0 Å². The first-order chi connectivity index (χ1) is 14.3. The highest BCUT2D eigenvalue weighted by Gasteiger charge is 2.24. The fraction of sp³-hybridized carbons (Fsp3) is 0.591. The zero-order valence-electron chi connectivity index (χ0n) is 16.8. The van der Waals surface area contributed by atoms with Crippen LogP contribution in [0.25, 0.3) is 22.4 Å². The zero-order valence-corrected chi connectivity index (χ0v) is 16.8. The second-order valence-electron chi connectivity index (χ2n) is 8.42. The molecular formula is C22H29N5O2. The van der Waals surface area contributed by atoms with E-state index in [1.807, 2.05) is 18.2 Å². The van der Waals surface area contributed by atoms with Gasteiger partial charge >= 0.3 is 5.69 Å². The second kappa shape index (κ2) is 8.14. The number of nitrogens with one attached hydrogen (secondary N) is 2. The molecule has 29 heavy (non-hydrogen) atoms. The normalized spacial score (nSPS) is 18.8. The maximum atomic E-state index is 11.8. The molecule has 0 atom stereocenters. The number of H-pyrrole nitrogens is 2. The van der Waals surface area contributed by atoms with Gasteiger partial charge in [-0.15, -0.1) is 0 Å². The molecule has 2 heterocycles. The number of para-hydroxylation sites is 1. The van der Waals surface area contributed by atoms with Crippen LogP contribution in [0.4, 0.5) is 0 Å². The number of nitrogens with zero attached hydrogens (tertiary/aromatic N) is 3. The van der Waals surface area contributed by atoms with E-state index in [2.05, 4.69) is 14.6 Å². The van der Waals surface area contributed by atoms with Crippen molar-refractivity contribution in [3.05, 3.63) is 34.5 Å². The van der Waals surface area contributed by atoms with Gasteiger partial charge in [-0.05, 0) is 37.8 Å². The number of imidazole rings is 1. The average Bonchev–Trinajstić information content (AvgIpc) is 3.47. The van der Waals surface area contributed by atoms with Crippen LogP contribution >= 0.6 is 0 Å². The van der Waals surface area contributed by atoms with Crippen molar-refractivity contribution in [2.75, 3.05) is 6.61 Å². The summed E-state index contributed by atoms with van der Waals surface area (Å²) in [6, 6.07) is 6.27. The molecule has 0 bridgehead atoms. The monoisotopic (exact) mass is 395 g/mol. The van der Waals surface area contributed by atoms with Crippen molar-refractivity contribution in [2.24, 2.45) is 0 Å². The Balaban J connectivity index is 1.42. The van der Waals surface area contributed by atoms with E-state index in [0.29, 0.717) is 18.8 Å². The van der Waals surface area contributed by atoms with Gasteiger partial charge in [-0.3, -0.25) is 0 Å². The largest absolute Gasteiger partial charge is 0.378 e. The molecule has 0 amide bonds. The molecule has 154 valence electrons. The highest BCUT2D eigenvalue weighted by atomic mass is 16.5. The van der Waals surface area contributed by atoms with E-state index in [4.69, 9.17) is 14.8 Å². The first kappa shape index (κ1) is 18.6. The van der Waals surface area contributed by atoms with Crippen LogP contribution in [0.2, 0.25) is 0 Å². The molecule has 2 aliphatic rings. The Bertz CT molecular complexity index is 1020. The molecule has 2 fully saturated rings. The van der Waals surface area contributed by atoms with Crippen LogP contribution in [-0.2, 0) is 11.2 Å². The highest BCUT2D eigenvalue weighted by Crippen LogP contribution is 2.34. The Kier molecular flexibility index (Phi) is 5.23. The van der Waals surface area contributed by atoms with Crippen LogP contribution in [0, 0.1) is 0 Å². The molecule has 3 aromatic rings. The smallest absolute Gasteiger partial charge is 0.323 e. The molecule has 0 spiro atoms. The van der Waals surface area contributed by atoms with E-state index in [9.17, 15) is 4.79 Å². The van der Waals surface area contributed by atoms with Crippen molar-refractivity contribution in [1.29, 1.82) is 0 Å². The molecular weight excluding hydrogens is 366 g/mol. The third-order valence-corrected chi connectivity index (χ3v) is 6.37. The number of ether oxygens (including phenoxy) is 1. The van der Waals surface area contributed by atoms with E-state index < -0.39 is 0 Å². The number of aromatic nitrogens is 5. The lowest BCUT2D eigenvalue weighted by atomic mass is 9.98. The van der Waals surface area contributed by atoms with Gasteiger partial charge in [0.25, 0.3) is 0 Å². The van der Waals surface area contributed by atoms with Crippen LogP contribution in [-0.4, -0.2) is 37.4 Å². The molecule has 5 rings (SSSR count). The van der Waals surface area contributed by atoms with Gasteiger partial charge in [0, 0.05) is 12.0 Å². The molecule has 2 N–H and O–H groups in total. The summed E-state index contributed by atoms with van der Waals surface area (Å²) in [4.78, 5) is 22.5. The van der Waals surface area contributed by atoms with Gasteiger partial charge in [0.2, 0.25) is 0 Å². The van der Waals surface area contributed by atoms with Gasteiger partial charge in [0.05, 0.1) is 29.8 Å². The van der Waals surface area contributed by atoms with Gasteiger partial charge < -0.3 is 14.7 Å². The number of hydrogen-bond donors (Lipinski definition) is 2. The third-order valence-electron chi connectivity index (χ3n) is 6.37. The van der Waals surface area contributed by atoms with Gasteiger partial charge in [0.15, 0.2) is 11.6 Å². The number of aromatic amines is 2. The molecule has 0 unspecified atom stereocenters. The average molecular weight is 396 g/mol. The molecule has 7 heteroatoms. The Morgan fingerprint density at radius 2 is 1.83 bits per heavy atom. The predicted molar refractivity (Wildman–Crippen MR) is 112 cm³/mol. The zero-order chi connectivity index (χ0) is 19.6. The molecule has 2 aromatic heterocycles. The predicted octanol–water partition coefficient (Wildman–Crippen LogP) is 4.12.